The standard InChI is InChI=1S/C14H13FN6/c15-11-5-3-10(4-6-11)12-2-1-9-20(12)14-8-7-13-16-18-19-21(13)17-14/h3-8,12H,1-2,9H2/t12-/m0/s1. The third-order valence-corrected chi connectivity index (χ3v) is 3.86. The number of hydrogen-bond donors (Lipinski definition) is 0. The number of tetrazole rings is 1. The van der Waals surface area contributed by atoms with Crippen LogP contribution < -0.4 is 4.90 Å². The molecule has 1 atom stereocenters. The van der Waals surface area contributed by atoms with Crippen molar-refractivity contribution in [2.75, 3.05) is 11.4 Å². The summed E-state index contributed by atoms with van der Waals surface area (Å²) in [6, 6.07) is 10.7. The van der Waals surface area contributed by atoms with Gasteiger partial charge in [0.25, 0.3) is 0 Å². The van der Waals surface area contributed by atoms with E-state index in [1.54, 1.807) is 0 Å². The minimum Gasteiger partial charge on any atom is -0.348 e. The molecule has 106 valence electrons. The molecule has 0 radical (unpaired) electrons. The van der Waals surface area contributed by atoms with Gasteiger partial charge in [-0.05, 0) is 53.1 Å². The average molecular weight is 284 g/mol. The molecule has 0 unspecified atom stereocenters. The number of fused-ring (bicyclic) bond motifs is 1. The van der Waals surface area contributed by atoms with E-state index in [0.717, 1.165) is 30.8 Å². The van der Waals surface area contributed by atoms with Crippen molar-refractivity contribution in [3.8, 4) is 0 Å². The van der Waals surface area contributed by atoms with Gasteiger partial charge >= 0.3 is 0 Å². The molecule has 1 aliphatic rings. The summed E-state index contributed by atoms with van der Waals surface area (Å²) in [4.78, 5) is 2.22. The SMILES string of the molecule is Fc1ccc([C@@H]2CCCN2c2ccc3nnnn3n2)cc1. The highest BCUT2D eigenvalue weighted by Crippen LogP contribution is 2.34. The fraction of sp³-hybridized carbons (Fsp3) is 0.286. The lowest BCUT2D eigenvalue weighted by Gasteiger charge is -2.25. The fourth-order valence-electron chi connectivity index (χ4n) is 2.87. The van der Waals surface area contributed by atoms with Crippen molar-refractivity contribution in [3.05, 3.63) is 47.8 Å². The first-order valence-electron chi connectivity index (χ1n) is 6.89. The molecular formula is C14H13FN6. The van der Waals surface area contributed by atoms with Crippen molar-refractivity contribution < 1.29 is 4.39 Å². The minimum absolute atomic E-state index is 0.212. The van der Waals surface area contributed by atoms with Gasteiger partial charge in [-0.2, -0.15) is 0 Å². The molecule has 1 aliphatic heterocycles. The maximum Gasteiger partial charge on any atom is 0.200 e. The lowest BCUT2D eigenvalue weighted by Crippen LogP contribution is -2.24. The van der Waals surface area contributed by atoms with E-state index in [1.165, 1.54) is 16.8 Å². The summed E-state index contributed by atoms with van der Waals surface area (Å²) in [7, 11) is 0. The van der Waals surface area contributed by atoms with Crippen LogP contribution in [0.1, 0.15) is 24.4 Å². The third kappa shape index (κ3) is 2.10. The molecule has 21 heavy (non-hydrogen) atoms. The van der Waals surface area contributed by atoms with Crippen LogP contribution in [0.15, 0.2) is 36.4 Å². The van der Waals surface area contributed by atoms with Crippen molar-refractivity contribution >= 4 is 11.5 Å². The third-order valence-electron chi connectivity index (χ3n) is 3.86. The quantitative estimate of drug-likeness (QED) is 0.720. The van der Waals surface area contributed by atoms with Gasteiger partial charge in [-0.25, -0.2) is 4.39 Å². The van der Waals surface area contributed by atoms with Gasteiger partial charge in [0.15, 0.2) is 11.5 Å². The number of benzene rings is 1. The normalized spacial score (nSPS) is 18.5. The monoisotopic (exact) mass is 284 g/mol. The minimum atomic E-state index is -0.212. The zero-order valence-electron chi connectivity index (χ0n) is 11.2. The Balaban J connectivity index is 1.70. The van der Waals surface area contributed by atoms with Gasteiger partial charge in [0.1, 0.15) is 5.82 Å². The largest absolute Gasteiger partial charge is 0.348 e. The molecule has 0 spiro atoms. The van der Waals surface area contributed by atoms with E-state index in [1.807, 2.05) is 24.3 Å². The number of halogens is 1. The zero-order chi connectivity index (χ0) is 14.2. The van der Waals surface area contributed by atoms with Crippen LogP contribution in [0.3, 0.4) is 0 Å². The fourth-order valence-corrected chi connectivity index (χ4v) is 2.87. The Bertz CT molecular complexity index is 768. The molecule has 7 heteroatoms. The molecule has 1 saturated heterocycles. The summed E-state index contributed by atoms with van der Waals surface area (Å²) >= 11 is 0. The van der Waals surface area contributed by atoms with Gasteiger partial charge in [-0.1, -0.05) is 12.1 Å². The Kier molecular flexibility index (Phi) is 2.77. The average Bonchev–Trinajstić information content (AvgIpc) is 3.16. The Morgan fingerprint density at radius 3 is 2.81 bits per heavy atom. The maximum absolute atomic E-state index is 13.1. The summed E-state index contributed by atoms with van der Waals surface area (Å²) in [5.41, 5.74) is 1.73. The van der Waals surface area contributed by atoms with Crippen LogP contribution in [0, 0.1) is 5.82 Å². The maximum atomic E-state index is 13.1. The molecule has 0 saturated carbocycles. The molecule has 2 aromatic heterocycles. The van der Waals surface area contributed by atoms with Crippen LogP contribution in [0.2, 0.25) is 0 Å². The van der Waals surface area contributed by atoms with E-state index >= 15 is 0 Å². The van der Waals surface area contributed by atoms with Crippen molar-refractivity contribution in [3.63, 3.8) is 0 Å². The van der Waals surface area contributed by atoms with E-state index in [4.69, 9.17) is 0 Å². The molecule has 1 fully saturated rings. The summed E-state index contributed by atoms with van der Waals surface area (Å²) in [6.45, 7) is 0.919. The Morgan fingerprint density at radius 1 is 1.10 bits per heavy atom. The lowest BCUT2D eigenvalue weighted by atomic mass is 10.0. The second-order valence-electron chi connectivity index (χ2n) is 5.12. The van der Waals surface area contributed by atoms with Gasteiger partial charge in [-0.15, -0.1) is 14.8 Å². The van der Waals surface area contributed by atoms with E-state index < -0.39 is 0 Å². The van der Waals surface area contributed by atoms with Crippen LogP contribution in [0.5, 0.6) is 0 Å². The Morgan fingerprint density at radius 2 is 1.95 bits per heavy atom. The first kappa shape index (κ1) is 12.2. The molecule has 3 heterocycles. The van der Waals surface area contributed by atoms with Crippen molar-refractivity contribution in [1.82, 2.24) is 25.3 Å². The molecule has 3 aromatic rings. The lowest BCUT2D eigenvalue weighted by molar-refractivity contribution is 0.623. The second-order valence-corrected chi connectivity index (χ2v) is 5.12. The van der Waals surface area contributed by atoms with Crippen LogP contribution in [-0.2, 0) is 0 Å². The Labute approximate surface area is 120 Å². The highest BCUT2D eigenvalue weighted by atomic mass is 19.1. The van der Waals surface area contributed by atoms with Gasteiger partial charge in [0.05, 0.1) is 6.04 Å². The molecular weight excluding hydrogens is 271 g/mol. The molecule has 0 bridgehead atoms. The number of aromatic nitrogens is 5. The van der Waals surface area contributed by atoms with Gasteiger partial charge < -0.3 is 4.90 Å². The first-order chi connectivity index (χ1) is 10.3. The van der Waals surface area contributed by atoms with Gasteiger partial charge in [0.2, 0.25) is 0 Å². The van der Waals surface area contributed by atoms with E-state index in [9.17, 15) is 4.39 Å². The highest BCUT2D eigenvalue weighted by molar-refractivity contribution is 5.47. The topological polar surface area (TPSA) is 59.2 Å². The number of nitrogens with zero attached hydrogens (tertiary/aromatic N) is 6. The predicted octanol–water partition coefficient (Wildman–Crippen LogP) is 2.00. The molecule has 1 aromatic carbocycles. The number of hydrogen-bond acceptors (Lipinski definition) is 5. The van der Waals surface area contributed by atoms with Crippen molar-refractivity contribution in [1.29, 1.82) is 0 Å². The summed E-state index contributed by atoms with van der Waals surface area (Å²) in [5, 5.41) is 15.7. The molecule has 0 aliphatic carbocycles. The van der Waals surface area contributed by atoms with Crippen molar-refractivity contribution in [2.45, 2.75) is 18.9 Å². The zero-order valence-corrected chi connectivity index (χ0v) is 11.2. The summed E-state index contributed by atoms with van der Waals surface area (Å²) in [6.07, 6.45) is 2.11. The molecule has 4 rings (SSSR count). The number of rotatable bonds is 2. The van der Waals surface area contributed by atoms with Crippen LogP contribution in [0.25, 0.3) is 5.65 Å². The Hall–Kier alpha value is -2.57. The summed E-state index contributed by atoms with van der Waals surface area (Å²) in [5.74, 6) is 0.623. The van der Waals surface area contributed by atoms with Crippen LogP contribution in [0.4, 0.5) is 10.2 Å². The molecule has 0 N–H and O–H groups in total. The van der Waals surface area contributed by atoms with E-state index in [0.29, 0.717) is 5.65 Å². The molecule has 6 nitrogen and oxygen atoms in total. The van der Waals surface area contributed by atoms with E-state index in [2.05, 4.69) is 25.5 Å². The van der Waals surface area contributed by atoms with E-state index in [-0.39, 0.29) is 11.9 Å². The summed E-state index contributed by atoms with van der Waals surface area (Å²) < 4.78 is 14.5. The number of anilines is 1. The second kappa shape index (κ2) is 4.76. The van der Waals surface area contributed by atoms with Crippen LogP contribution in [-0.4, -0.2) is 31.8 Å². The first-order valence-corrected chi connectivity index (χ1v) is 6.89. The highest BCUT2D eigenvalue weighted by Gasteiger charge is 2.27. The van der Waals surface area contributed by atoms with Crippen molar-refractivity contribution in [2.24, 2.45) is 0 Å². The van der Waals surface area contributed by atoms with Gasteiger partial charge in [-0.3, -0.25) is 0 Å². The smallest absolute Gasteiger partial charge is 0.200 e. The predicted molar refractivity (Wildman–Crippen MR) is 74.3 cm³/mol. The van der Waals surface area contributed by atoms with Crippen LogP contribution >= 0.6 is 0 Å². The molecule has 0 amide bonds. The van der Waals surface area contributed by atoms with Gasteiger partial charge in [0, 0.05) is 6.54 Å².